The molecule has 4 N–H and O–H groups in total. The molecule has 5 nitrogen and oxygen atoms in total. The highest BCUT2D eigenvalue weighted by Crippen LogP contribution is 2.12. The molecule has 0 aliphatic rings. The molecule has 1 aromatic rings. The number of nitrogens with zero attached hydrogens (tertiary/aromatic N) is 1. The Labute approximate surface area is 74.7 Å². The number of carbonyl (C=O) groups excluding carboxylic acids is 2. The summed E-state index contributed by atoms with van der Waals surface area (Å²) in [5.41, 5.74) is 10.4. The minimum atomic E-state index is -1.09. The van der Waals surface area contributed by atoms with Gasteiger partial charge in [-0.25, -0.2) is 0 Å². The van der Waals surface area contributed by atoms with E-state index in [2.05, 4.69) is 4.98 Å². The summed E-state index contributed by atoms with van der Waals surface area (Å²) in [7, 11) is 0. The maximum atomic E-state index is 10.8. The van der Waals surface area contributed by atoms with Crippen molar-refractivity contribution in [3.63, 3.8) is 0 Å². The molecule has 5 heteroatoms. The van der Waals surface area contributed by atoms with Crippen LogP contribution in [0.2, 0.25) is 0 Å². The second kappa shape index (κ2) is 3.66. The zero-order valence-electron chi connectivity index (χ0n) is 6.81. The largest absolute Gasteiger partial charge is 0.369 e. The van der Waals surface area contributed by atoms with Gasteiger partial charge in [-0.3, -0.25) is 14.6 Å². The number of hydrogen-bond donors (Lipinski definition) is 2. The van der Waals surface area contributed by atoms with E-state index in [0.717, 1.165) is 0 Å². The van der Waals surface area contributed by atoms with Crippen LogP contribution in [0.25, 0.3) is 0 Å². The van der Waals surface area contributed by atoms with Crippen LogP contribution >= 0.6 is 0 Å². The van der Waals surface area contributed by atoms with E-state index in [1.54, 1.807) is 12.1 Å². The molecule has 0 spiro atoms. The number of hydrogen-bond acceptors (Lipinski definition) is 3. The van der Waals surface area contributed by atoms with Crippen molar-refractivity contribution in [3.8, 4) is 0 Å². The molecule has 0 saturated carbocycles. The Kier molecular flexibility index (Phi) is 2.59. The van der Waals surface area contributed by atoms with Gasteiger partial charge in [-0.1, -0.05) is 6.07 Å². The Bertz CT molecular complexity index is 309. The third-order valence-electron chi connectivity index (χ3n) is 1.59. The normalized spacial score (nSPS) is 9.92. The van der Waals surface area contributed by atoms with Crippen molar-refractivity contribution in [1.29, 1.82) is 0 Å². The fourth-order valence-corrected chi connectivity index (χ4v) is 1.02. The summed E-state index contributed by atoms with van der Waals surface area (Å²) in [6, 6.07) is 3.18. The van der Waals surface area contributed by atoms with Crippen molar-refractivity contribution >= 4 is 11.8 Å². The number of pyridine rings is 1. The number of carbonyl (C=O) groups is 2. The molecular formula is C8H9N3O2. The zero-order chi connectivity index (χ0) is 9.84. The van der Waals surface area contributed by atoms with E-state index in [0.29, 0.717) is 5.56 Å². The van der Waals surface area contributed by atoms with Gasteiger partial charge in [-0.2, -0.15) is 0 Å². The smallest absolute Gasteiger partial charge is 0.234 e. The highest BCUT2D eigenvalue weighted by Gasteiger charge is 2.23. The molecule has 0 aliphatic heterocycles. The van der Waals surface area contributed by atoms with Crippen LogP contribution in [0.1, 0.15) is 11.5 Å². The van der Waals surface area contributed by atoms with Crippen molar-refractivity contribution < 1.29 is 9.59 Å². The second-order valence-corrected chi connectivity index (χ2v) is 2.52. The quantitative estimate of drug-likeness (QED) is 0.590. The van der Waals surface area contributed by atoms with Gasteiger partial charge in [0.15, 0.2) is 0 Å². The maximum absolute atomic E-state index is 10.8. The van der Waals surface area contributed by atoms with Gasteiger partial charge in [-0.15, -0.1) is 0 Å². The van der Waals surface area contributed by atoms with Gasteiger partial charge in [-0.05, 0) is 11.6 Å². The van der Waals surface area contributed by atoms with Gasteiger partial charge in [0.1, 0.15) is 5.92 Å². The predicted molar refractivity (Wildman–Crippen MR) is 45.4 cm³/mol. The van der Waals surface area contributed by atoms with E-state index in [9.17, 15) is 9.59 Å². The summed E-state index contributed by atoms with van der Waals surface area (Å²) in [6.45, 7) is 0. The Morgan fingerprint density at radius 2 is 1.92 bits per heavy atom. The molecule has 68 valence electrons. The molecular weight excluding hydrogens is 170 g/mol. The molecule has 1 aromatic heterocycles. The minimum absolute atomic E-state index is 0.419. The van der Waals surface area contributed by atoms with E-state index in [1.165, 1.54) is 12.4 Å². The zero-order valence-corrected chi connectivity index (χ0v) is 6.81. The van der Waals surface area contributed by atoms with Gasteiger partial charge >= 0.3 is 0 Å². The Morgan fingerprint density at radius 3 is 2.31 bits per heavy atom. The molecule has 0 aromatic carbocycles. The van der Waals surface area contributed by atoms with Crippen LogP contribution in [0.5, 0.6) is 0 Å². The first-order valence-corrected chi connectivity index (χ1v) is 3.61. The summed E-state index contributed by atoms with van der Waals surface area (Å²) in [4.78, 5) is 25.4. The third-order valence-corrected chi connectivity index (χ3v) is 1.59. The first kappa shape index (κ1) is 9.18. The van der Waals surface area contributed by atoms with Crippen molar-refractivity contribution in [2.24, 2.45) is 11.5 Å². The highest BCUT2D eigenvalue weighted by molar-refractivity contribution is 6.04. The molecule has 2 amide bonds. The molecule has 0 aliphatic carbocycles. The van der Waals surface area contributed by atoms with Crippen molar-refractivity contribution in [3.05, 3.63) is 30.1 Å². The lowest BCUT2D eigenvalue weighted by Crippen LogP contribution is -2.33. The van der Waals surface area contributed by atoms with E-state index >= 15 is 0 Å². The molecule has 0 bridgehead atoms. The van der Waals surface area contributed by atoms with Crippen LogP contribution in [0.3, 0.4) is 0 Å². The Morgan fingerprint density at radius 1 is 1.31 bits per heavy atom. The molecule has 0 atom stereocenters. The van der Waals surface area contributed by atoms with Crippen LogP contribution < -0.4 is 11.5 Å². The molecule has 0 radical (unpaired) electrons. The maximum Gasteiger partial charge on any atom is 0.234 e. The van der Waals surface area contributed by atoms with Crippen LogP contribution in [-0.4, -0.2) is 16.8 Å². The van der Waals surface area contributed by atoms with Gasteiger partial charge in [0, 0.05) is 12.4 Å². The number of nitrogens with two attached hydrogens (primary N) is 2. The number of aromatic nitrogens is 1. The van der Waals surface area contributed by atoms with Crippen LogP contribution in [-0.2, 0) is 9.59 Å². The standard InChI is InChI=1S/C8H9N3O2/c9-7(12)6(8(10)13)5-2-1-3-11-4-5/h1-4,6H,(H2,9,12)(H2,10,13). The van der Waals surface area contributed by atoms with Crippen LogP contribution in [0, 0.1) is 0 Å². The molecule has 0 saturated heterocycles. The molecule has 13 heavy (non-hydrogen) atoms. The Balaban J connectivity index is 3.03. The lowest BCUT2D eigenvalue weighted by atomic mass is 10.00. The average molecular weight is 179 g/mol. The SMILES string of the molecule is NC(=O)C(C(N)=O)c1cccnc1. The van der Waals surface area contributed by atoms with Gasteiger partial charge in [0.25, 0.3) is 0 Å². The lowest BCUT2D eigenvalue weighted by molar-refractivity contribution is -0.128. The third kappa shape index (κ3) is 2.02. The van der Waals surface area contributed by atoms with Crippen molar-refractivity contribution in [2.45, 2.75) is 5.92 Å². The lowest BCUT2D eigenvalue weighted by Gasteiger charge is -2.07. The summed E-state index contributed by atoms with van der Waals surface area (Å²) >= 11 is 0. The first-order valence-electron chi connectivity index (χ1n) is 3.61. The highest BCUT2D eigenvalue weighted by atomic mass is 16.2. The average Bonchev–Trinajstić information content (AvgIpc) is 2.04. The summed E-state index contributed by atoms with van der Waals surface area (Å²) in [6.07, 6.45) is 2.92. The molecule has 1 heterocycles. The Hall–Kier alpha value is -1.91. The van der Waals surface area contributed by atoms with Crippen LogP contribution in [0.4, 0.5) is 0 Å². The fourth-order valence-electron chi connectivity index (χ4n) is 1.02. The summed E-state index contributed by atoms with van der Waals surface area (Å²) in [5, 5.41) is 0. The molecule has 0 unspecified atom stereocenters. The predicted octanol–water partition coefficient (Wildman–Crippen LogP) is -0.864. The van der Waals surface area contributed by atoms with Crippen molar-refractivity contribution in [1.82, 2.24) is 4.98 Å². The fraction of sp³-hybridized carbons (Fsp3) is 0.125. The van der Waals surface area contributed by atoms with Crippen molar-refractivity contribution in [2.75, 3.05) is 0 Å². The summed E-state index contributed by atoms with van der Waals surface area (Å²) in [5.74, 6) is -2.62. The number of amides is 2. The first-order chi connectivity index (χ1) is 6.13. The number of rotatable bonds is 3. The summed E-state index contributed by atoms with van der Waals surface area (Å²) < 4.78 is 0. The monoisotopic (exact) mass is 179 g/mol. The molecule has 1 rings (SSSR count). The van der Waals surface area contributed by atoms with Gasteiger partial charge in [0.2, 0.25) is 11.8 Å². The topological polar surface area (TPSA) is 99.1 Å². The van der Waals surface area contributed by atoms with E-state index in [-0.39, 0.29) is 0 Å². The van der Waals surface area contributed by atoms with Gasteiger partial charge in [0.05, 0.1) is 0 Å². The molecule has 0 fully saturated rings. The van der Waals surface area contributed by atoms with E-state index < -0.39 is 17.7 Å². The minimum Gasteiger partial charge on any atom is -0.369 e. The van der Waals surface area contributed by atoms with E-state index in [4.69, 9.17) is 11.5 Å². The van der Waals surface area contributed by atoms with Gasteiger partial charge < -0.3 is 11.5 Å². The second-order valence-electron chi connectivity index (χ2n) is 2.52. The van der Waals surface area contributed by atoms with Crippen LogP contribution in [0.15, 0.2) is 24.5 Å². The van der Waals surface area contributed by atoms with E-state index in [1.807, 2.05) is 0 Å². The number of primary amides is 2.